The Hall–Kier alpha value is -2.08. The fourth-order valence-electron chi connectivity index (χ4n) is 0.959. The molecule has 0 bridgehead atoms. The summed E-state index contributed by atoms with van der Waals surface area (Å²) in [6.07, 6.45) is 0. The van der Waals surface area contributed by atoms with Crippen molar-refractivity contribution >= 4 is 11.5 Å². The molecule has 1 aromatic rings. The quantitative estimate of drug-likeness (QED) is 0.692. The molecule has 3 heteroatoms. The number of nitriles is 1. The second-order valence-electron chi connectivity index (χ2n) is 2.44. The van der Waals surface area contributed by atoms with E-state index in [-0.39, 0.29) is 5.57 Å². The first-order valence-electron chi connectivity index (χ1n) is 3.58. The van der Waals surface area contributed by atoms with Crippen LogP contribution in [0.25, 0.3) is 5.57 Å². The van der Waals surface area contributed by atoms with Gasteiger partial charge in [-0.05, 0) is 6.07 Å². The SMILES string of the molecule is C=C(C(=O)O)c1ccccc1C#N. The van der Waals surface area contributed by atoms with E-state index in [4.69, 9.17) is 10.4 Å². The van der Waals surface area contributed by atoms with Gasteiger partial charge in [-0.25, -0.2) is 4.79 Å². The fraction of sp³-hybridized carbons (Fsp3) is 0. The molecule has 1 aromatic carbocycles. The van der Waals surface area contributed by atoms with E-state index in [1.165, 1.54) is 0 Å². The molecule has 0 aliphatic rings. The Labute approximate surface area is 75.5 Å². The van der Waals surface area contributed by atoms with Crippen LogP contribution < -0.4 is 0 Å². The van der Waals surface area contributed by atoms with Gasteiger partial charge in [0.25, 0.3) is 0 Å². The molecule has 0 aromatic heterocycles. The first-order chi connectivity index (χ1) is 6.16. The van der Waals surface area contributed by atoms with Crippen molar-refractivity contribution in [2.24, 2.45) is 0 Å². The topological polar surface area (TPSA) is 61.1 Å². The molecule has 0 saturated carbocycles. The van der Waals surface area contributed by atoms with Gasteiger partial charge in [0, 0.05) is 5.56 Å². The lowest BCUT2D eigenvalue weighted by Crippen LogP contribution is -1.99. The number of aliphatic carboxylic acids is 1. The van der Waals surface area contributed by atoms with Gasteiger partial charge in [-0.2, -0.15) is 5.26 Å². The molecule has 0 heterocycles. The second kappa shape index (κ2) is 3.55. The molecular weight excluding hydrogens is 166 g/mol. The Morgan fingerprint density at radius 1 is 1.46 bits per heavy atom. The summed E-state index contributed by atoms with van der Waals surface area (Å²) in [7, 11) is 0. The lowest BCUT2D eigenvalue weighted by Gasteiger charge is -2.01. The number of hydrogen-bond donors (Lipinski definition) is 1. The molecule has 1 N–H and O–H groups in total. The molecule has 0 unspecified atom stereocenters. The van der Waals surface area contributed by atoms with E-state index in [1.807, 2.05) is 6.07 Å². The zero-order chi connectivity index (χ0) is 9.84. The third-order valence-corrected chi connectivity index (χ3v) is 1.63. The molecule has 13 heavy (non-hydrogen) atoms. The fourth-order valence-corrected chi connectivity index (χ4v) is 0.959. The maximum atomic E-state index is 10.6. The van der Waals surface area contributed by atoms with Crippen molar-refractivity contribution in [1.29, 1.82) is 5.26 Å². The highest BCUT2D eigenvalue weighted by Gasteiger charge is 2.10. The predicted octanol–water partition coefficient (Wildman–Crippen LogP) is 1.66. The summed E-state index contributed by atoms with van der Waals surface area (Å²) < 4.78 is 0. The predicted molar refractivity (Wildman–Crippen MR) is 47.8 cm³/mol. The summed E-state index contributed by atoms with van der Waals surface area (Å²) in [6.45, 7) is 3.38. The molecule has 0 atom stereocenters. The van der Waals surface area contributed by atoms with Crippen LogP contribution in [-0.2, 0) is 4.79 Å². The Kier molecular flexibility index (Phi) is 2.46. The number of carboxylic acids is 1. The van der Waals surface area contributed by atoms with Crippen LogP contribution in [0, 0.1) is 11.3 Å². The zero-order valence-electron chi connectivity index (χ0n) is 6.82. The summed E-state index contributed by atoms with van der Waals surface area (Å²) in [5.74, 6) is -1.11. The van der Waals surface area contributed by atoms with Gasteiger partial charge in [0.2, 0.25) is 0 Å². The number of carbonyl (C=O) groups is 1. The molecule has 0 spiro atoms. The van der Waals surface area contributed by atoms with Crippen LogP contribution in [0.2, 0.25) is 0 Å². The van der Waals surface area contributed by atoms with Crippen LogP contribution in [0.1, 0.15) is 11.1 Å². The molecule has 1 rings (SSSR count). The van der Waals surface area contributed by atoms with E-state index in [1.54, 1.807) is 24.3 Å². The van der Waals surface area contributed by atoms with Gasteiger partial charge in [0.1, 0.15) is 0 Å². The molecule has 0 fully saturated rings. The van der Waals surface area contributed by atoms with Crippen LogP contribution in [0.3, 0.4) is 0 Å². The monoisotopic (exact) mass is 173 g/mol. The van der Waals surface area contributed by atoms with E-state index in [9.17, 15) is 4.79 Å². The van der Waals surface area contributed by atoms with Crippen LogP contribution in [0.4, 0.5) is 0 Å². The number of carboxylic acid groups (broad SMARTS) is 1. The number of nitrogens with zero attached hydrogens (tertiary/aromatic N) is 1. The highest BCUT2D eigenvalue weighted by Crippen LogP contribution is 2.16. The van der Waals surface area contributed by atoms with Gasteiger partial charge in [-0.1, -0.05) is 24.8 Å². The van der Waals surface area contributed by atoms with Gasteiger partial charge >= 0.3 is 5.97 Å². The van der Waals surface area contributed by atoms with E-state index in [0.29, 0.717) is 11.1 Å². The van der Waals surface area contributed by atoms with E-state index in [0.717, 1.165) is 0 Å². The summed E-state index contributed by atoms with van der Waals surface area (Å²) in [5, 5.41) is 17.3. The van der Waals surface area contributed by atoms with Crippen molar-refractivity contribution in [2.45, 2.75) is 0 Å². The molecular formula is C10H7NO2. The van der Waals surface area contributed by atoms with Gasteiger partial charge in [0.15, 0.2) is 0 Å². The molecule has 0 aliphatic carbocycles. The van der Waals surface area contributed by atoms with Crippen molar-refractivity contribution in [3.05, 3.63) is 42.0 Å². The molecule has 0 radical (unpaired) electrons. The van der Waals surface area contributed by atoms with Gasteiger partial charge in [-0.3, -0.25) is 0 Å². The van der Waals surface area contributed by atoms with Crippen LogP contribution >= 0.6 is 0 Å². The zero-order valence-corrected chi connectivity index (χ0v) is 6.82. The third-order valence-electron chi connectivity index (χ3n) is 1.63. The standard InChI is InChI=1S/C10H7NO2/c1-7(10(12)13)9-5-3-2-4-8(9)6-11/h2-5H,1H2,(H,12,13). The lowest BCUT2D eigenvalue weighted by molar-refractivity contribution is -0.130. The number of rotatable bonds is 2. The minimum atomic E-state index is -1.11. The Morgan fingerprint density at radius 3 is 2.62 bits per heavy atom. The summed E-state index contributed by atoms with van der Waals surface area (Å²) in [5.41, 5.74) is 0.643. The normalized spacial score (nSPS) is 8.85. The third kappa shape index (κ3) is 1.74. The highest BCUT2D eigenvalue weighted by atomic mass is 16.4. The van der Waals surface area contributed by atoms with E-state index >= 15 is 0 Å². The average molecular weight is 173 g/mol. The summed E-state index contributed by atoms with van der Waals surface area (Å²) in [6, 6.07) is 8.38. The van der Waals surface area contributed by atoms with Gasteiger partial charge < -0.3 is 5.11 Å². The first-order valence-corrected chi connectivity index (χ1v) is 3.58. The van der Waals surface area contributed by atoms with Crippen molar-refractivity contribution in [2.75, 3.05) is 0 Å². The van der Waals surface area contributed by atoms with Crippen molar-refractivity contribution in [3.63, 3.8) is 0 Å². The Morgan fingerprint density at radius 2 is 2.08 bits per heavy atom. The van der Waals surface area contributed by atoms with Crippen molar-refractivity contribution < 1.29 is 9.90 Å². The largest absolute Gasteiger partial charge is 0.478 e. The molecule has 0 amide bonds. The van der Waals surface area contributed by atoms with Gasteiger partial charge in [0.05, 0.1) is 17.2 Å². The molecule has 3 nitrogen and oxygen atoms in total. The minimum Gasteiger partial charge on any atom is -0.478 e. The maximum Gasteiger partial charge on any atom is 0.335 e. The first kappa shape index (κ1) is 9.01. The van der Waals surface area contributed by atoms with Crippen LogP contribution in [-0.4, -0.2) is 11.1 Å². The summed E-state index contributed by atoms with van der Waals surface area (Å²) in [4.78, 5) is 10.6. The van der Waals surface area contributed by atoms with E-state index < -0.39 is 5.97 Å². The maximum absolute atomic E-state index is 10.6. The Bertz CT molecular complexity index is 402. The lowest BCUT2D eigenvalue weighted by atomic mass is 10.0. The Balaban J connectivity index is 3.23. The summed E-state index contributed by atoms with van der Waals surface area (Å²) >= 11 is 0. The molecule has 64 valence electrons. The number of benzene rings is 1. The second-order valence-corrected chi connectivity index (χ2v) is 2.44. The highest BCUT2D eigenvalue weighted by molar-refractivity contribution is 6.15. The molecule has 0 aliphatic heterocycles. The van der Waals surface area contributed by atoms with Crippen molar-refractivity contribution in [1.82, 2.24) is 0 Å². The van der Waals surface area contributed by atoms with Crippen LogP contribution in [0.5, 0.6) is 0 Å². The molecule has 0 saturated heterocycles. The number of hydrogen-bond acceptors (Lipinski definition) is 2. The average Bonchev–Trinajstić information content (AvgIpc) is 2.16. The van der Waals surface area contributed by atoms with Crippen molar-refractivity contribution in [3.8, 4) is 6.07 Å². The minimum absolute atomic E-state index is 0.0582. The smallest absolute Gasteiger partial charge is 0.335 e. The van der Waals surface area contributed by atoms with Crippen LogP contribution in [0.15, 0.2) is 30.8 Å². The van der Waals surface area contributed by atoms with E-state index in [2.05, 4.69) is 6.58 Å². The van der Waals surface area contributed by atoms with Gasteiger partial charge in [-0.15, -0.1) is 0 Å².